The van der Waals surface area contributed by atoms with E-state index in [4.69, 9.17) is 4.74 Å². The van der Waals surface area contributed by atoms with Gasteiger partial charge in [0, 0.05) is 13.5 Å². The zero-order valence-corrected chi connectivity index (χ0v) is 14.3. The van der Waals surface area contributed by atoms with E-state index in [0.29, 0.717) is 11.0 Å². The lowest BCUT2D eigenvalue weighted by molar-refractivity contribution is -0.854. The van der Waals surface area contributed by atoms with E-state index in [-0.39, 0.29) is 6.09 Å². The van der Waals surface area contributed by atoms with Gasteiger partial charge >= 0.3 is 6.09 Å². The molecule has 0 bridgehead atoms. The van der Waals surface area contributed by atoms with Crippen LogP contribution >= 0.6 is 22.6 Å². The van der Waals surface area contributed by atoms with E-state index in [2.05, 4.69) is 27.7 Å². The number of hydrogen-bond acceptors (Lipinski definition) is 3. The number of rotatable bonds is 0. The van der Waals surface area contributed by atoms with Gasteiger partial charge in [0.2, 0.25) is 0 Å². The number of nitrogens with zero attached hydrogens (tertiary/aromatic N) is 3. The van der Waals surface area contributed by atoms with Crippen LogP contribution in [0.2, 0.25) is 0 Å². The number of likely N-dealkylation sites (N-methyl/N-ethyl adjacent to an activating group) is 1. The fraction of sp³-hybridized carbons (Fsp3) is 0.692. The summed E-state index contributed by atoms with van der Waals surface area (Å²) in [4.78, 5) is 12.4. The Bertz CT molecular complexity index is 519. The number of amides is 1. The van der Waals surface area contributed by atoms with Gasteiger partial charge in [0.1, 0.15) is 15.8 Å². The first-order valence-corrected chi connectivity index (χ1v) is 7.48. The van der Waals surface area contributed by atoms with Crippen LogP contribution in [0.3, 0.4) is 0 Å². The number of carbonyl (C=O) groups excluding carboxylic acids is 1. The highest BCUT2D eigenvalue weighted by atomic mass is 127. The van der Waals surface area contributed by atoms with Gasteiger partial charge in [0.25, 0.3) is 0 Å². The highest BCUT2D eigenvalue weighted by molar-refractivity contribution is 14.1. The van der Waals surface area contributed by atoms with Crippen molar-refractivity contribution in [2.45, 2.75) is 39.3 Å². The van der Waals surface area contributed by atoms with Crippen LogP contribution in [0.25, 0.3) is 0 Å². The molecule has 1 aliphatic heterocycles. The van der Waals surface area contributed by atoms with Crippen LogP contribution in [-0.2, 0) is 24.8 Å². The molecule has 6 heteroatoms. The molecule has 2 rings (SSSR count). The normalized spacial score (nSPS) is 23.1. The van der Waals surface area contributed by atoms with Gasteiger partial charge < -0.3 is 4.74 Å². The minimum absolute atomic E-state index is 0.155. The highest BCUT2D eigenvalue weighted by Crippen LogP contribution is 2.28. The topological polar surface area (TPSA) is 44.1 Å². The van der Waals surface area contributed by atoms with Gasteiger partial charge in [-0.2, -0.15) is 9.89 Å². The van der Waals surface area contributed by atoms with Crippen molar-refractivity contribution in [2.75, 3.05) is 13.6 Å². The fourth-order valence-corrected chi connectivity index (χ4v) is 3.15. The molecule has 1 aliphatic rings. The molecule has 1 unspecified atom stereocenters. The molecule has 5 nitrogen and oxygen atoms in total. The number of hydrogen-bond donors (Lipinski definition) is 0. The Labute approximate surface area is 127 Å². The molecule has 0 N–H and O–H groups in total. The summed E-state index contributed by atoms with van der Waals surface area (Å²) in [5, 5.41) is 4.43. The number of quaternary nitrogens is 1. The van der Waals surface area contributed by atoms with Crippen LogP contribution in [-0.4, -0.2) is 39.6 Å². The van der Waals surface area contributed by atoms with Gasteiger partial charge in [-0.3, -0.25) is 4.68 Å². The lowest BCUT2D eigenvalue weighted by atomic mass is 10.1. The molecule has 0 fully saturated rings. The van der Waals surface area contributed by atoms with E-state index in [9.17, 15) is 4.79 Å². The molecule has 0 aliphatic carbocycles. The second-order valence-electron chi connectivity index (χ2n) is 6.35. The predicted octanol–water partition coefficient (Wildman–Crippen LogP) is 2.46. The van der Waals surface area contributed by atoms with E-state index in [1.807, 2.05) is 39.5 Å². The second-order valence-corrected chi connectivity index (χ2v) is 7.37. The fourth-order valence-electron chi connectivity index (χ4n) is 2.34. The smallest absolute Gasteiger partial charge is 0.414 e. The highest BCUT2D eigenvalue weighted by Gasteiger charge is 2.42. The average molecular weight is 378 g/mol. The van der Waals surface area contributed by atoms with E-state index < -0.39 is 5.60 Å². The van der Waals surface area contributed by atoms with Crippen molar-refractivity contribution in [1.82, 2.24) is 9.78 Å². The maximum Gasteiger partial charge on any atom is 0.516 e. The lowest BCUT2D eigenvalue weighted by Crippen LogP contribution is -2.54. The Morgan fingerprint density at radius 2 is 2.11 bits per heavy atom. The number of halogens is 1. The summed E-state index contributed by atoms with van der Waals surface area (Å²) in [5.41, 5.74) is 1.98. The van der Waals surface area contributed by atoms with E-state index in [1.165, 1.54) is 11.3 Å². The van der Waals surface area contributed by atoms with Crippen molar-refractivity contribution in [3.63, 3.8) is 0 Å². The van der Waals surface area contributed by atoms with Gasteiger partial charge in [-0.05, 0) is 43.4 Å². The van der Waals surface area contributed by atoms with Crippen molar-refractivity contribution in [3.05, 3.63) is 15.0 Å². The average Bonchev–Trinajstić information content (AvgIpc) is 2.51. The third kappa shape index (κ3) is 2.94. The lowest BCUT2D eigenvalue weighted by Gasteiger charge is -2.35. The summed E-state index contributed by atoms with van der Waals surface area (Å²) in [5.74, 6) is 0. The summed E-state index contributed by atoms with van der Waals surface area (Å²) in [6, 6.07) is 0. The Morgan fingerprint density at radius 1 is 1.47 bits per heavy atom. The Hall–Kier alpha value is -0.630. The monoisotopic (exact) mass is 378 g/mol. The zero-order chi connectivity index (χ0) is 14.4. The number of fused-ring (bicyclic) bond motifs is 1. The van der Waals surface area contributed by atoms with E-state index in [0.717, 1.165) is 16.7 Å². The van der Waals surface area contributed by atoms with Gasteiger partial charge in [0.05, 0.1) is 24.8 Å². The molecule has 0 spiro atoms. The maximum atomic E-state index is 12.4. The van der Waals surface area contributed by atoms with Gasteiger partial charge in [-0.15, -0.1) is 0 Å². The van der Waals surface area contributed by atoms with Gasteiger partial charge in [-0.25, -0.2) is 4.48 Å². The molecule has 106 valence electrons. The van der Waals surface area contributed by atoms with Crippen LogP contribution in [0.4, 0.5) is 4.79 Å². The number of ether oxygens (including phenoxy) is 1. The summed E-state index contributed by atoms with van der Waals surface area (Å²) in [7, 11) is 3.91. The van der Waals surface area contributed by atoms with Gasteiger partial charge in [-0.1, -0.05) is 0 Å². The van der Waals surface area contributed by atoms with Crippen LogP contribution in [0.5, 0.6) is 0 Å². The molecule has 19 heavy (non-hydrogen) atoms. The quantitative estimate of drug-likeness (QED) is 0.515. The molecule has 1 aromatic heterocycles. The molecule has 1 aromatic rings. The predicted molar refractivity (Wildman–Crippen MR) is 80.6 cm³/mol. The van der Waals surface area contributed by atoms with E-state index in [1.54, 1.807) is 0 Å². The Balaban J connectivity index is 2.24. The SMILES string of the molecule is Cn1nc(I)c2c1CC[N+](C)(C(=O)OC(C)(C)C)C2. The van der Waals surface area contributed by atoms with E-state index >= 15 is 0 Å². The van der Waals surface area contributed by atoms with Crippen molar-refractivity contribution in [2.24, 2.45) is 7.05 Å². The summed E-state index contributed by atoms with van der Waals surface area (Å²) in [6.07, 6.45) is 0.704. The summed E-state index contributed by atoms with van der Waals surface area (Å²) < 4.78 is 8.76. The molecule has 0 radical (unpaired) electrons. The van der Waals surface area contributed by atoms with Crippen LogP contribution in [0.15, 0.2) is 0 Å². The first-order valence-electron chi connectivity index (χ1n) is 6.41. The zero-order valence-electron chi connectivity index (χ0n) is 12.2. The third-order valence-electron chi connectivity index (χ3n) is 3.41. The molecule has 0 saturated carbocycles. The van der Waals surface area contributed by atoms with Gasteiger partial charge in [0.15, 0.2) is 0 Å². The molecule has 0 aromatic carbocycles. The minimum Gasteiger partial charge on any atom is -0.414 e. The van der Waals surface area contributed by atoms with Crippen molar-refractivity contribution in [1.29, 1.82) is 0 Å². The second kappa shape index (κ2) is 4.73. The Morgan fingerprint density at radius 3 is 2.68 bits per heavy atom. The first kappa shape index (κ1) is 14.8. The summed E-state index contributed by atoms with van der Waals surface area (Å²) in [6.45, 7) is 7.13. The largest absolute Gasteiger partial charge is 0.516 e. The van der Waals surface area contributed by atoms with Crippen molar-refractivity contribution < 1.29 is 14.0 Å². The number of aryl methyl sites for hydroxylation is 1. The van der Waals surface area contributed by atoms with Crippen molar-refractivity contribution >= 4 is 28.7 Å². The van der Waals surface area contributed by atoms with Crippen LogP contribution in [0.1, 0.15) is 32.0 Å². The molecule has 1 amide bonds. The number of aromatic nitrogens is 2. The molecule has 1 atom stereocenters. The van der Waals surface area contributed by atoms with Crippen LogP contribution < -0.4 is 0 Å². The molecular formula is C13H21IN3O2+. The number of carbonyl (C=O) groups is 1. The van der Waals surface area contributed by atoms with Crippen LogP contribution in [0, 0.1) is 3.70 Å². The first-order chi connectivity index (χ1) is 8.62. The maximum absolute atomic E-state index is 12.4. The van der Waals surface area contributed by atoms with Crippen molar-refractivity contribution in [3.8, 4) is 0 Å². The third-order valence-corrected chi connectivity index (χ3v) is 4.28. The minimum atomic E-state index is -0.444. The Kier molecular flexibility index (Phi) is 3.68. The molecule has 2 heterocycles. The summed E-state index contributed by atoms with van der Waals surface area (Å²) >= 11 is 2.24. The molecule has 0 saturated heterocycles. The standard InChI is InChI=1S/C13H21IN3O2/c1-13(2,3)19-12(18)17(5)7-6-10-9(8-17)11(14)15-16(10)4/h6-8H2,1-5H3/q+1. The molecular weight excluding hydrogens is 357 g/mol.